The summed E-state index contributed by atoms with van der Waals surface area (Å²) in [5, 5.41) is 8.74. The molecule has 104 valence electrons. The minimum atomic E-state index is -3.03. The van der Waals surface area contributed by atoms with E-state index in [0.29, 0.717) is 12.5 Å². The van der Waals surface area contributed by atoms with Crippen LogP contribution in [0, 0.1) is 5.92 Å². The predicted molar refractivity (Wildman–Crippen MR) is 63.3 cm³/mol. The molecule has 1 aliphatic carbocycles. The summed E-state index contributed by atoms with van der Waals surface area (Å²) in [4.78, 5) is 10.9. The molecule has 2 rings (SSSR count). The lowest BCUT2D eigenvalue weighted by atomic mass is 10.2. The normalized spacial score (nSPS) is 14.5. The largest absolute Gasteiger partial charge is 0.489 e. The van der Waals surface area contributed by atoms with E-state index in [1.165, 1.54) is 0 Å². The van der Waals surface area contributed by atoms with E-state index in [1.807, 2.05) is 0 Å². The highest BCUT2D eigenvalue weighted by atomic mass is 35.5. The fraction of sp³-hybridized carbons (Fsp3) is 0.417. The Morgan fingerprint density at radius 3 is 2.63 bits per heavy atom. The summed E-state index contributed by atoms with van der Waals surface area (Å²) in [5.41, 5.74) is -0.214. The van der Waals surface area contributed by atoms with Crippen molar-refractivity contribution in [1.82, 2.24) is 0 Å². The molecule has 1 fully saturated rings. The van der Waals surface area contributed by atoms with Crippen molar-refractivity contribution in [2.75, 3.05) is 6.61 Å². The summed E-state index contributed by atoms with van der Waals surface area (Å²) in [6.07, 6.45) is 2.04. The highest BCUT2D eigenvalue weighted by Gasteiger charge is 2.24. The van der Waals surface area contributed by atoms with Crippen molar-refractivity contribution < 1.29 is 28.2 Å². The van der Waals surface area contributed by atoms with Gasteiger partial charge in [0.05, 0.1) is 17.2 Å². The Kier molecular flexibility index (Phi) is 4.09. The van der Waals surface area contributed by atoms with Crippen molar-refractivity contribution in [3.8, 4) is 11.5 Å². The monoisotopic (exact) mass is 292 g/mol. The third-order valence-corrected chi connectivity index (χ3v) is 2.96. The van der Waals surface area contributed by atoms with Crippen LogP contribution in [0.2, 0.25) is 5.02 Å². The van der Waals surface area contributed by atoms with E-state index in [2.05, 4.69) is 4.74 Å². The van der Waals surface area contributed by atoms with Crippen LogP contribution in [0.5, 0.6) is 11.5 Å². The molecule has 19 heavy (non-hydrogen) atoms. The molecule has 4 nitrogen and oxygen atoms in total. The van der Waals surface area contributed by atoms with Gasteiger partial charge in [-0.25, -0.2) is 4.79 Å². The molecular formula is C12H11ClF2O4. The summed E-state index contributed by atoms with van der Waals surface area (Å²) in [6, 6.07) is 2.13. The molecule has 0 bridgehead atoms. The van der Waals surface area contributed by atoms with Crippen LogP contribution >= 0.6 is 11.6 Å². The third-order valence-electron chi connectivity index (χ3n) is 2.65. The summed E-state index contributed by atoms with van der Waals surface area (Å²) in [7, 11) is 0. The lowest BCUT2D eigenvalue weighted by Crippen LogP contribution is -2.08. The van der Waals surface area contributed by atoms with Gasteiger partial charge in [0.2, 0.25) is 0 Å². The number of benzene rings is 1. The zero-order valence-corrected chi connectivity index (χ0v) is 10.5. The fourth-order valence-electron chi connectivity index (χ4n) is 1.49. The van der Waals surface area contributed by atoms with E-state index in [-0.39, 0.29) is 22.1 Å². The maximum absolute atomic E-state index is 12.3. The maximum atomic E-state index is 12.3. The molecule has 0 amide bonds. The van der Waals surface area contributed by atoms with Crippen molar-refractivity contribution >= 4 is 17.6 Å². The molecule has 1 aromatic carbocycles. The van der Waals surface area contributed by atoms with Gasteiger partial charge in [-0.1, -0.05) is 11.6 Å². The van der Waals surface area contributed by atoms with Crippen LogP contribution in [0.15, 0.2) is 12.1 Å². The number of ether oxygens (including phenoxy) is 2. The molecule has 0 atom stereocenters. The van der Waals surface area contributed by atoms with Crippen molar-refractivity contribution in [3.05, 3.63) is 22.7 Å². The predicted octanol–water partition coefficient (Wildman–Crippen LogP) is 3.43. The molecular weight excluding hydrogens is 282 g/mol. The highest BCUT2D eigenvalue weighted by Crippen LogP contribution is 2.37. The summed E-state index contributed by atoms with van der Waals surface area (Å²) >= 11 is 5.69. The number of alkyl halides is 2. The van der Waals surface area contributed by atoms with Gasteiger partial charge in [0.1, 0.15) is 0 Å². The number of hydrogen-bond donors (Lipinski definition) is 1. The standard InChI is InChI=1S/C12H11ClF2O4/c13-8-4-10(19-12(14)15)9(3-7(8)11(16)17)18-5-6-1-2-6/h3-4,6,12H,1-2,5H2,(H,16,17). The second-order valence-electron chi connectivity index (χ2n) is 4.22. The van der Waals surface area contributed by atoms with Crippen LogP contribution in [0.4, 0.5) is 8.78 Å². The van der Waals surface area contributed by atoms with Gasteiger partial charge in [-0.05, 0) is 18.8 Å². The summed E-state index contributed by atoms with van der Waals surface area (Å²) in [5.74, 6) is -1.16. The third kappa shape index (κ3) is 3.70. The molecule has 1 aromatic rings. The molecule has 0 radical (unpaired) electrons. The highest BCUT2D eigenvalue weighted by molar-refractivity contribution is 6.33. The lowest BCUT2D eigenvalue weighted by Gasteiger charge is -2.13. The van der Waals surface area contributed by atoms with Crippen LogP contribution in [0.3, 0.4) is 0 Å². The molecule has 7 heteroatoms. The molecule has 1 aliphatic rings. The Labute approximate surface area is 112 Å². The number of carbonyl (C=O) groups is 1. The number of hydrogen-bond acceptors (Lipinski definition) is 3. The Morgan fingerprint density at radius 1 is 1.42 bits per heavy atom. The molecule has 0 unspecified atom stereocenters. The molecule has 1 N–H and O–H groups in total. The van der Waals surface area contributed by atoms with Crippen LogP contribution in [-0.4, -0.2) is 24.3 Å². The average Bonchev–Trinajstić information content (AvgIpc) is 3.10. The number of carboxylic acids is 1. The number of carboxylic acid groups (broad SMARTS) is 1. The van der Waals surface area contributed by atoms with Gasteiger partial charge in [0, 0.05) is 12.1 Å². The van der Waals surface area contributed by atoms with E-state index in [9.17, 15) is 13.6 Å². The van der Waals surface area contributed by atoms with Crippen molar-refractivity contribution in [2.24, 2.45) is 5.92 Å². The number of rotatable bonds is 6. The molecule has 1 saturated carbocycles. The van der Waals surface area contributed by atoms with Crippen LogP contribution < -0.4 is 9.47 Å². The van der Waals surface area contributed by atoms with Crippen molar-refractivity contribution in [3.63, 3.8) is 0 Å². The van der Waals surface area contributed by atoms with E-state index in [0.717, 1.165) is 25.0 Å². The quantitative estimate of drug-likeness (QED) is 0.873. The minimum Gasteiger partial charge on any atom is -0.489 e. The van der Waals surface area contributed by atoms with Crippen molar-refractivity contribution in [2.45, 2.75) is 19.5 Å². The lowest BCUT2D eigenvalue weighted by molar-refractivity contribution is -0.0515. The van der Waals surface area contributed by atoms with Crippen LogP contribution in [0.1, 0.15) is 23.2 Å². The minimum absolute atomic E-state index is 0.0333. The van der Waals surface area contributed by atoms with Gasteiger partial charge >= 0.3 is 12.6 Å². The second-order valence-corrected chi connectivity index (χ2v) is 4.62. The van der Waals surface area contributed by atoms with Gasteiger partial charge in [-0.15, -0.1) is 0 Å². The van der Waals surface area contributed by atoms with Gasteiger partial charge in [0.25, 0.3) is 0 Å². The molecule has 0 aliphatic heterocycles. The molecule has 0 heterocycles. The first-order chi connectivity index (χ1) is 8.97. The summed E-state index contributed by atoms with van der Waals surface area (Å²) in [6.45, 7) is -2.68. The SMILES string of the molecule is O=C(O)c1cc(OCC2CC2)c(OC(F)F)cc1Cl. The van der Waals surface area contributed by atoms with E-state index in [4.69, 9.17) is 21.4 Å². The van der Waals surface area contributed by atoms with Gasteiger partial charge in [0.15, 0.2) is 11.5 Å². The maximum Gasteiger partial charge on any atom is 0.387 e. The first kappa shape index (κ1) is 13.9. The zero-order chi connectivity index (χ0) is 14.0. The Morgan fingerprint density at radius 2 is 2.11 bits per heavy atom. The van der Waals surface area contributed by atoms with Gasteiger partial charge in [-0.2, -0.15) is 8.78 Å². The Bertz CT molecular complexity index is 489. The van der Waals surface area contributed by atoms with Crippen molar-refractivity contribution in [1.29, 1.82) is 0 Å². The van der Waals surface area contributed by atoms with E-state index >= 15 is 0 Å². The van der Waals surface area contributed by atoms with Gasteiger partial charge in [-0.3, -0.25) is 0 Å². The second kappa shape index (κ2) is 5.61. The molecule has 0 spiro atoms. The number of aromatic carboxylic acids is 1. The molecule has 0 saturated heterocycles. The Hall–Kier alpha value is -1.56. The smallest absolute Gasteiger partial charge is 0.387 e. The fourth-order valence-corrected chi connectivity index (χ4v) is 1.73. The summed E-state index contributed by atoms with van der Waals surface area (Å²) < 4.78 is 34.1. The average molecular weight is 293 g/mol. The topological polar surface area (TPSA) is 55.8 Å². The first-order valence-electron chi connectivity index (χ1n) is 5.62. The van der Waals surface area contributed by atoms with Gasteiger partial charge < -0.3 is 14.6 Å². The van der Waals surface area contributed by atoms with Crippen LogP contribution in [0.25, 0.3) is 0 Å². The first-order valence-corrected chi connectivity index (χ1v) is 5.99. The van der Waals surface area contributed by atoms with Crippen LogP contribution in [-0.2, 0) is 0 Å². The molecule has 0 aromatic heterocycles. The number of halogens is 3. The zero-order valence-electron chi connectivity index (χ0n) is 9.74. The van der Waals surface area contributed by atoms with E-state index in [1.54, 1.807) is 0 Å². The van der Waals surface area contributed by atoms with E-state index < -0.39 is 12.6 Å². The Balaban J connectivity index is 2.27.